The van der Waals surface area contributed by atoms with Gasteiger partial charge in [-0.05, 0) is 6.07 Å². The van der Waals surface area contributed by atoms with Crippen LogP contribution in [0.5, 0.6) is 0 Å². The standard InChI is InChI=1S/C14H15FN4O2/c1-3-8-4-9(19-12(8)14(16)17-6-18-19)13-11(15)7(2)10(5-20)21-13/h1,4,6-7,10-11,13,20H,5H2,2H3,(H2,16,17,18)/t7-,10-,11-,13+/m1/s1. The summed E-state index contributed by atoms with van der Waals surface area (Å²) in [6.45, 7) is 1.47. The third-order valence-electron chi connectivity index (χ3n) is 3.94. The Morgan fingerprint density at radius 3 is 3.00 bits per heavy atom. The number of aliphatic hydroxyl groups excluding tert-OH is 1. The summed E-state index contributed by atoms with van der Waals surface area (Å²) in [5.74, 6) is 2.31. The van der Waals surface area contributed by atoms with Crippen LogP contribution in [-0.4, -0.2) is 38.6 Å². The Balaban J connectivity index is 2.14. The smallest absolute Gasteiger partial charge is 0.152 e. The average Bonchev–Trinajstić information content (AvgIpc) is 2.99. The lowest BCUT2D eigenvalue weighted by Crippen LogP contribution is -2.21. The van der Waals surface area contributed by atoms with Gasteiger partial charge in [-0.2, -0.15) is 5.10 Å². The summed E-state index contributed by atoms with van der Waals surface area (Å²) in [5, 5.41) is 13.3. The number of rotatable bonds is 2. The summed E-state index contributed by atoms with van der Waals surface area (Å²) >= 11 is 0. The minimum atomic E-state index is -1.26. The molecule has 21 heavy (non-hydrogen) atoms. The molecule has 3 N–H and O–H groups in total. The summed E-state index contributed by atoms with van der Waals surface area (Å²) < 4.78 is 21.5. The van der Waals surface area contributed by atoms with Crippen LogP contribution >= 0.6 is 0 Å². The normalized spacial score (nSPS) is 28.9. The van der Waals surface area contributed by atoms with Crippen molar-refractivity contribution in [1.82, 2.24) is 14.6 Å². The monoisotopic (exact) mass is 290 g/mol. The number of terminal acetylenes is 1. The molecule has 0 spiro atoms. The molecule has 3 rings (SSSR count). The Kier molecular flexibility index (Phi) is 3.27. The number of nitrogens with two attached hydrogens (primary N) is 1. The van der Waals surface area contributed by atoms with Crippen molar-refractivity contribution in [3.8, 4) is 12.3 Å². The number of hydrogen-bond donors (Lipinski definition) is 2. The second-order valence-corrected chi connectivity index (χ2v) is 5.11. The molecule has 1 saturated heterocycles. The van der Waals surface area contributed by atoms with E-state index in [-0.39, 0.29) is 12.4 Å². The quantitative estimate of drug-likeness (QED) is 0.795. The van der Waals surface area contributed by atoms with E-state index < -0.39 is 24.3 Å². The molecule has 0 saturated carbocycles. The van der Waals surface area contributed by atoms with Crippen LogP contribution in [0.2, 0.25) is 0 Å². The first-order chi connectivity index (χ1) is 10.1. The summed E-state index contributed by atoms with van der Waals surface area (Å²) in [6.07, 6.45) is 4.08. The molecule has 0 aromatic carbocycles. The van der Waals surface area contributed by atoms with Gasteiger partial charge in [0.15, 0.2) is 5.82 Å². The van der Waals surface area contributed by atoms with Gasteiger partial charge in [-0.1, -0.05) is 12.8 Å². The lowest BCUT2D eigenvalue weighted by molar-refractivity contribution is -0.00712. The number of halogens is 1. The molecule has 4 atom stereocenters. The first kappa shape index (κ1) is 13.8. The first-order valence-electron chi connectivity index (χ1n) is 6.57. The molecule has 7 heteroatoms. The van der Waals surface area contributed by atoms with E-state index in [0.29, 0.717) is 16.8 Å². The second kappa shape index (κ2) is 4.98. The van der Waals surface area contributed by atoms with Crippen LogP contribution in [0.15, 0.2) is 12.4 Å². The Hall–Kier alpha value is -2.17. The van der Waals surface area contributed by atoms with E-state index in [1.165, 1.54) is 10.8 Å². The van der Waals surface area contributed by atoms with E-state index in [1.807, 2.05) is 0 Å². The van der Waals surface area contributed by atoms with Gasteiger partial charge in [0.25, 0.3) is 0 Å². The molecule has 3 heterocycles. The third-order valence-corrected chi connectivity index (χ3v) is 3.94. The highest BCUT2D eigenvalue weighted by Crippen LogP contribution is 2.40. The fraction of sp³-hybridized carbons (Fsp3) is 0.429. The van der Waals surface area contributed by atoms with Crippen LogP contribution in [0.1, 0.15) is 24.3 Å². The highest BCUT2D eigenvalue weighted by molar-refractivity contribution is 5.75. The van der Waals surface area contributed by atoms with Gasteiger partial charge < -0.3 is 15.6 Å². The van der Waals surface area contributed by atoms with Gasteiger partial charge >= 0.3 is 0 Å². The molecule has 110 valence electrons. The number of ether oxygens (including phenoxy) is 1. The van der Waals surface area contributed by atoms with E-state index >= 15 is 0 Å². The molecule has 0 unspecified atom stereocenters. The molecule has 0 aliphatic carbocycles. The molecule has 1 fully saturated rings. The van der Waals surface area contributed by atoms with Crippen LogP contribution in [0.3, 0.4) is 0 Å². The molecule has 0 radical (unpaired) electrons. The van der Waals surface area contributed by atoms with Crippen molar-refractivity contribution in [3.63, 3.8) is 0 Å². The fourth-order valence-corrected chi connectivity index (χ4v) is 2.72. The van der Waals surface area contributed by atoms with Crippen LogP contribution in [-0.2, 0) is 4.74 Å². The topological polar surface area (TPSA) is 85.7 Å². The predicted octanol–water partition coefficient (Wildman–Crippen LogP) is 0.699. The molecule has 1 aliphatic heterocycles. The third kappa shape index (κ3) is 1.95. The summed E-state index contributed by atoms with van der Waals surface area (Å²) in [6, 6.07) is 1.63. The van der Waals surface area contributed by atoms with Crippen molar-refractivity contribution in [1.29, 1.82) is 0 Å². The minimum Gasteiger partial charge on any atom is -0.394 e. The lowest BCUT2D eigenvalue weighted by atomic mass is 9.99. The number of nitrogen functional groups attached to an aromatic ring is 1. The number of anilines is 1. The zero-order valence-corrected chi connectivity index (χ0v) is 11.4. The van der Waals surface area contributed by atoms with Crippen molar-refractivity contribution >= 4 is 11.3 Å². The van der Waals surface area contributed by atoms with Crippen molar-refractivity contribution in [2.75, 3.05) is 12.3 Å². The van der Waals surface area contributed by atoms with Crippen molar-refractivity contribution < 1.29 is 14.2 Å². The summed E-state index contributed by atoms with van der Waals surface area (Å²) in [5.41, 5.74) is 7.24. The predicted molar refractivity (Wildman–Crippen MR) is 74.1 cm³/mol. The van der Waals surface area contributed by atoms with E-state index in [1.54, 1.807) is 13.0 Å². The van der Waals surface area contributed by atoms with Crippen molar-refractivity contribution in [2.45, 2.75) is 25.3 Å². The van der Waals surface area contributed by atoms with Gasteiger partial charge in [0.2, 0.25) is 0 Å². The van der Waals surface area contributed by atoms with Crippen LogP contribution in [0.25, 0.3) is 5.52 Å². The molecule has 0 bridgehead atoms. The Labute approximate surface area is 120 Å². The highest BCUT2D eigenvalue weighted by atomic mass is 19.1. The summed E-state index contributed by atoms with van der Waals surface area (Å²) in [7, 11) is 0. The number of nitrogens with zero attached hydrogens (tertiary/aromatic N) is 3. The van der Waals surface area contributed by atoms with E-state index in [9.17, 15) is 9.50 Å². The second-order valence-electron chi connectivity index (χ2n) is 5.11. The van der Waals surface area contributed by atoms with Gasteiger partial charge in [0.05, 0.1) is 24.0 Å². The average molecular weight is 290 g/mol. The van der Waals surface area contributed by atoms with Crippen molar-refractivity contribution in [3.05, 3.63) is 23.7 Å². The van der Waals surface area contributed by atoms with Crippen LogP contribution < -0.4 is 5.73 Å². The molecule has 2 aromatic heterocycles. The SMILES string of the molecule is C#Cc1cc([C@@H]2O[C@H](CO)[C@@H](C)[C@H]2F)n2ncnc(N)c12. The zero-order valence-electron chi connectivity index (χ0n) is 11.4. The fourth-order valence-electron chi connectivity index (χ4n) is 2.72. The minimum absolute atomic E-state index is 0.226. The van der Waals surface area contributed by atoms with Gasteiger partial charge in [0.1, 0.15) is 24.1 Å². The van der Waals surface area contributed by atoms with E-state index in [2.05, 4.69) is 16.0 Å². The molecular formula is C14H15FN4O2. The first-order valence-corrected chi connectivity index (χ1v) is 6.57. The van der Waals surface area contributed by atoms with Gasteiger partial charge in [0, 0.05) is 5.92 Å². The van der Waals surface area contributed by atoms with Crippen LogP contribution in [0.4, 0.5) is 10.2 Å². The molecule has 0 amide bonds. The maximum Gasteiger partial charge on any atom is 0.152 e. The zero-order chi connectivity index (χ0) is 15.1. The van der Waals surface area contributed by atoms with Gasteiger partial charge in [-0.25, -0.2) is 13.9 Å². The van der Waals surface area contributed by atoms with Crippen molar-refractivity contribution in [2.24, 2.45) is 5.92 Å². The molecule has 2 aromatic rings. The Bertz CT molecular complexity index is 724. The number of hydrogen-bond acceptors (Lipinski definition) is 5. The highest BCUT2D eigenvalue weighted by Gasteiger charge is 2.44. The molecular weight excluding hydrogens is 275 g/mol. The van der Waals surface area contributed by atoms with E-state index in [0.717, 1.165) is 0 Å². The van der Waals surface area contributed by atoms with E-state index in [4.69, 9.17) is 16.9 Å². The van der Waals surface area contributed by atoms with Crippen LogP contribution in [0, 0.1) is 18.3 Å². The summed E-state index contributed by atoms with van der Waals surface area (Å²) in [4.78, 5) is 3.90. The molecule has 1 aliphatic rings. The number of aromatic nitrogens is 3. The lowest BCUT2D eigenvalue weighted by Gasteiger charge is -2.13. The number of fused-ring (bicyclic) bond motifs is 1. The maximum absolute atomic E-state index is 14.5. The van der Waals surface area contributed by atoms with Gasteiger partial charge in [-0.3, -0.25) is 0 Å². The Morgan fingerprint density at radius 2 is 2.38 bits per heavy atom. The maximum atomic E-state index is 14.5. The van der Waals surface area contributed by atoms with Gasteiger partial charge in [-0.15, -0.1) is 6.42 Å². The number of alkyl halides is 1. The number of aliphatic hydroxyl groups is 1. The Morgan fingerprint density at radius 1 is 1.62 bits per heavy atom. The largest absolute Gasteiger partial charge is 0.394 e. The molecule has 6 nitrogen and oxygen atoms in total.